The molecule has 13 aromatic rings. The van der Waals surface area contributed by atoms with Gasteiger partial charge in [0.2, 0.25) is 0 Å². The van der Waals surface area contributed by atoms with Gasteiger partial charge < -0.3 is 13.9 Å². The summed E-state index contributed by atoms with van der Waals surface area (Å²) in [5, 5.41) is 7.06. The number of para-hydroxylation sites is 3. The highest BCUT2D eigenvalue weighted by molar-refractivity contribution is 6.23. The Morgan fingerprint density at radius 2 is 0.926 bits per heavy atom. The van der Waals surface area contributed by atoms with Gasteiger partial charge in [0, 0.05) is 38.6 Å². The van der Waals surface area contributed by atoms with Crippen LogP contribution in [0.5, 0.6) is 0 Å². The summed E-state index contributed by atoms with van der Waals surface area (Å²) in [4.78, 5) is 2.43. The van der Waals surface area contributed by atoms with E-state index >= 15 is 0 Å². The highest BCUT2D eigenvalue weighted by Gasteiger charge is 2.51. The number of aromatic nitrogens is 1. The molecule has 2 heterocycles. The molecule has 3 nitrogen and oxygen atoms in total. The van der Waals surface area contributed by atoms with Crippen LogP contribution >= 0.6 is 0 Å². The highest BCUT2D eigenvalue weighted by Crippen LogP contribution is 2.63. The molecule has 0 fully saturated rings. The summed E-state index contributed by atoms with van der Waals surface area (Å²) in [5.41, 5.74) is 20.7. The Labute approximate surface area is 393 Å². The largest absolute Gasteiger partial charge is 0.454 e. The van der Waals surface area contributed by atoms with Crippen molar-refractivity contribution in [3.63, 3.8) is 0 Å². The summed E-state index contributed by atoms with van der Waals surface area (Å²) in [6.45, 7) is 0. The molecule has 0 bridgehead atoms. The standard InChI is InChI=1S/C65H40N2O/c1-2-17-44(18-3-1)67-59-28-14-9-23-52(59)54-38-42(32-37-60(54)67)41-30-33-45(34-31-41)66(61-39-43-16-4-5-19-47(43)63-53-24-10-15-29-62(53)68-64(61)63)46-35-36-51-50-22-8-13-27-57(50)65(58(51)40-46)55-25-11-6-20-48(55)49-21-7-12-26-56(49)65/h1-40H. The first-order chi connectivity index (χ1) is 33.7. The highest BCUT2D eigenvalue weighted by atomic mass is 16.3. The summed E-state index contributed by atoms with van der Waals surface area (Å²) in [5.74, 6) is 0. The van der Waals surface area contributed by atoms with Gasteiger partial charge in [-0.3, -0.25) is 0 Å². The first-order valence-electron chi connectivity index (χ1n) is 23.5. The fourth-order valence-corrected chi connectivity index (χ4v) is 12.2. The molecule has 0 amide bonds. The summed E-state index contributed by atoms with van der Waals surface area (Å²) < 4.78 is 9.38. The van der Waals surface area contributed by atoms with E-state index in [9.17, 15) is 0 Å². The van der Waals surface area contributed by atoms with Crippen molar-refractivity contribution < 1.29 is 4.42 Å². The molecule has 68 heavy (non-hydrogen) atoms. The van der Waals surface area contributed by atoms with Crippen LogP contribution in [-0.2, 0) is 5.41 Å². The molecule has 0 unspecified atom stereocenters. The monoisotopic (exact) mass is 864 g/mol. The third-order valence-electron chi connectivity index (χ3n) is 15.0. The first kappa shape index (κ1) is 37.3. The summed E-state index contributed by atoms with van der Waals surface area (Å²) in [7, 11) is 0. The van der Waals surface area contributed by atoms with Crippen LogP contribution in [0, 0.1) is 0 Å². The van der Waals surface area contributed by atoms with Gasteiger partial charge in [-0.1, -0.05) is 176 Å². The first-order valence-corrected chi connectivity index (χ1v) is 23.5. The molecule has 0 aliphatic heterocycles. The van der Waals surface area contributed by atoms with Crippen molar-refractivity contribution in [1.82, 2.24) is 4.57 Å². The molecule has 0 atom stereocenters. The van der Waals surface area contributed by atoms with Gasteiger partial charge in [-0.25, -0.2) is 0 Å². The van der Waals surface area contributed by atoms with Crippen LogP contribution < -0.4 is 4.90 Å². The Balaban J connectivity index is 0.961. The minimum Gasteiger partial charge on any atom is -0.454 e. The maximum absolute atomic E-state index is 7.00. The van der Waals surface area contributed by atoms with Crippen molar-refractivity contribution in [3.05, 3.63) is 265 Å². The summed E-state index contributed by atoms with van der Waals surface area (Å²) >= 11 is 0. The molecule has 0 N–H and O–H groups in total. The SMILES string of the molecule is c1ccc(-n2c3ccccc3c3cc(-c4ccc(N(c5ccc6c(c5)C5(c7ccccc7-c7ccccc75)c5ccccc5-6)c5cc6ccccc6c6c5oc5ccccc56)cc4)ccc32)cc1. The lowest BCUT2D eigenvalue weighted by atomic mass is 9.70. The Morgan fingerprint density at radius 3 is 1.66 bits per heavy atom. The third-order valence-corrected chi connectivity index (χ3v) is 15.0. The van der Waals surface area contributed by atoms with Gasteiger partial charge in [0.25, 0.3) is 0 Å². The lowest BCUT2D eigenvalue weighted by Crippen LogP contribution is -2.26. The number of benzene rings is 11. The average molecular weight is 865 g/mol. The fraction of sp³-hybridized carbons (Fsp3) is 0.0154. The van der Waals surface area contributed by atoms with Crippen molar-refractivity contribution in [2.24, 2.45) is 0 Å². The zero-order valence-corrected chi connectivity index (χ0v) is 36.9. The van der Waals surface area contributed by atoms with Crippen LogP contribution in [0.1, 0.15) is 22.3 Å². The molecule has 11 aromatic carbocycles. The predicted octanol–water partition coefficient (Wildman–Crippen LogP) is 17.3. The second-order valence-electron chi connectivity index (χ2n) is 18.3. The number of anilines is 3. The van der Waals surface area contributed by atoms with E-state index in [2.05, 4.69) is 252 Å². The topological polar surface area (TPSA) is 21.3 Å². The predicted molar refractivity (Wildman–Crippen MR) is 282 cm³/mol. The minimum absolute atomic E-state index is 0.481. The lowest BCUT2D eigenvalue weighted by Gasteiger charge is -2.32. The Hall–Kier alpha value is -8.92. The molecule has 1 spiro atoms. The molecule has 3 heteroatoms. The molecule has 0 saturated carbocycles. The Bertz CT molecular complexity index is 4150. The van der Waals surface area contributed by atoms with E-state index in [-0.39, 0.29) is 0 Å². The van der Waals surface area contributed by atoms with Gasteiger partial charge in [0.15, 0.2) is 5.58 Å². The Morgan fingerprint density at radius 1 is 0.368 bits per heavy atom. The third kappa shape index (κ3) is 5.02. The van der Waals surface area contributed by atoms with Crippen molar-refractivity contribution in [3.8, 4) is 39.1 Å². The van der Waals surface area contributed by atoms with E-state index in [0.717, 1.165) is 55.6 Å². The smallest absolute Gasteiger partial charge is 0.160 e. The van der Waals surface area contributed by atoms with Gasteiger partial charge in [0.1, 0.15) is 5.58 Å². The van der Waals surface area contributed by atoms with E-state index in [1.54, 1.807) is 0 Å². The number of furan rings is 1. The zero-order valence-electron chi connectivity index (χ0n) is 36.9. The molecule has 2 aromatic heterocycles. The summed E-state index contributed by atoms with van der Waals surface area (Å²) in [6.07, 6.45) is 0. The van der Waals surface area contributed by atoms with Crippen molar-refractivity contribution in [1.29, 1.82) is 0 Å². The maximum atomic E-state index is 7.00. The molecule has 15 rings (SSSR count). The Kier molecular flexibility index (Phi) is 7.71. The van der Waals surface area contributed by atoms with Crippen LogP contribution in [0.3, 0.4) is 0 Å². The molecule has 316 valence electrons. The molecule has 0 radical (unpaired) electrons. The van der Waals surface area contributed by atoms with Gasteiger partial charge in [-0.2, -0.15) is 0 Å². The van der Waals surface area contributed by atoms with Crippen molar-refractivity contribution in [2.45, 2.75) is 5.41 Å². The van der Waals surface area contributed by atoms with Crippen LogP contribution in [0.15, 0.2) is 247 Å². The van der Waals surface area contributed by atoms with Crippen molar-refractivity contribution >= 4 is 71.6 Å². The van der Waals surface area contributed by atoms with Gasteiger partial charge in [-0.15, -0.1) is 0 Å². The van der Waals surface area contributed by atoms with E-state index in [1.165, 1.54) is 77.3 Å². The quantitative estimate of drug-likeness (QED) is 0.172. The molecule has 2 aliphatic carbocycles. The van der Waals surface area contributed by atoms with Crippen LogP contribution in [-0.4, -0.2) is 4.57 Å². The number of rotatable bonds is 5. The van der Waals surface area contributed by atoms with Gasteiger partial charge >= 0.3 is 0 Å². The molecular weight excluding hydrogens is 825 g/mol. The van der Waals surface area contributed by atoms with E-state index in [4.69, 9.17) is 4.42 Å². The van der Waals surface area contributed by atoms with Crippen LogP contribution in [0.25, 0.3) is 93.6 Å². The number of hydrogen-bond acceptors (Lipinski definition) is 2. The van der Waals surface area contributed by atoms with E-state index in [1.807, 2.05) is 0 Å². The number of nitrogens with zero attached hydrogens (tertiary/aromatic N) is 2. The van der Waals surface area contributed by atoms with Crippen LogP contribution in [0.4, 0.5) is 17.1 Å². The normalized spacial score (nSPS) is 13.1. The fourth-order valence-electron chi connectivity index (χ4n) is 12.2. The minimum atomic E-state index is -0.481. The second kappa shape index (κ2) is 14.0. The zero-order chi connectivity index (χ0) is 44.5. The number of fused-ring (bicyclic) bond motifs is 18. The molecular formula is C65H40N2O. The van der Waals surface area contributed by atoms with E-state index < -0.39 is 5.41 Å². The van der Waals surface area contributed by atoms with Crippen molar-refractivity contribution in [2.75, 3.05) is 4.90 Å². The molecule has 2 aliphatic rings. The summed E-state index contributed by atoms with van der Waals surface area (Å²) in [6, 6.07) is 89.2. The second-order valence-corrected chi connectivity index (χ2v) is 18.3. The van der Waals surface area contributed by atoms with Gasteiger partial charge in [-0.05, 0) is 133 Å². The van der Waals surface area contributed by atoms with E-state index in [0.29, 0.717) is 0 Å². The molecule has 0 saturated heterocycles. The number of hydrogen-bond donors (Lipinski definition) is 0. The maximum Gasteiger partial charge on any atom is 0.160 e. The lowest BCUT2D eigenvalue weighted by molar-refractivity contribution is 0.669. The average Bonchev–Trinajstić information content (AvgIpc) is 4.13. The van der Waals surface area contributed by atoms with Gasteiger partial charge in [0.05, 0.1) is 22.1 Å². The van der Waals surface area contributed by atoms with Crippen LogP contribution in [0.2, 0.25) is 0 Å².